The van der Waals surface area contributed by atoms with E-state index < -0.39 is 5.23 Å². The van der Waals surface area contributed by atoms with Gasteiger partial charge in [-0.1, -0.05) is 18.2 Å². The predicted octanol–water partition coefficient (Wildman–Crippen LogP) is 2.51. The third-order valence-corrected chi connectivity index (χ3v) is 2.52. The topological polar surface area (TPSA) is 117 Å². The molecule has 0 fully saturated rings. The lowest BCUT2D eigenvalue weighted by atomic mass is 10.2. The first-order valence-electron chi connectivity index (χ1n) is 5.61. The summed E-state index contributed by atoms with van der Waals surface area (Å²) in [6.45, 7) is 0. The highest BCUT2D eigenvalue weighted by Gasteiger charge is 2.08. The van der Waals surface area contributed by atoms with Crippen molar-refractivity contribution in [2.45, 2.75) is 0 Å². The van der Waals surface area contributed by atoms with Crippen LogP contribution in [0.1, 0.15) is 0 Å². The molecular weight excluding hydrogens is 264 g/mol. The maximum Gasteiger partial charge on any atom is 0.121 e. The normalized spacial score (nSPS) is 10.0. The number of nitrogens with zero attached hydrogens (tertiary/aromatic N) is 2. The van der Waals surface area contributed by atoms with Crippen molar-refractivity contribution in [2.75, 3.05) is 21.3 Å². The van der Waals surface area contributed by atoms with E-state index in [2.05, 4.69) is 10.9 Å². The molecule has 2 aromatic rings. The van der Waals surface area contributed by atoms with Gasteiger partial charge in [0.1, 0.15) is 5.69 Å². The Bertz CT molecular complexity index is 563. The van der Waals surface area contributed by atoms with Gasteiger partial charge in [-0.15, -0.1) is 5.23 Å². The molecule has 0 atom stereocenters. The first-order valence-corrected chi connectivity index (χ1v) is 5.61. The van der Waals surface area contributed by atoms with Gasteiger partial charge in [-0.3, -0.25) is 15.8 Å². The quantitative estimate of drug-likeness (QED) is 0.615. The monoisotopic (exact) mass is 276 g/mol. The molecule has 0 aliphatic rings. The first-order chi connectivity index (χ1) is 9.58. The Morgan fingerprint density at radius 2 is 1.60 bits per heavy atom. The molecule has 0 heterocycles. The van der Waals surface area contributed by atoms with Gasteiger partial charge >= 0.3 is 0 Å². The summed E-state index contributed by atoms with van der Waals surface area (Å²) in [5.41, 5.74) is 6.19. The van der Waals surface area contributed by atoms with Crippen molar-refractivity contribution in [1.82, 2.24) is 0 Å². The molecule has 0 aliphatic carbocycles. The third-order valence-electron chi connectivity index (χ3n) is 2.52. The van der Waals surface area contributed by atoms with Crippen LogP contribution in [0, 0.1) is 10.4 Å². The van der Waals surface area contributed by atoms with Crippen LogP contribution in [-0.2, 0) is 0 Å². The fourth-order valence-corrected chi connectivity index (χ4v) is 1.57. The number of hydrogen-bond donors (Lipinski definition) is 4. The molecule has 0 bridgehead atoms. The van der Waals surface area contributed by atoms with Gasteiger partial charge in [0, 0.05) is 5.69 Å². The second kappa shape index (κ2) is 6.08. The van der Waals surface area contributed by atoms with Crippen molar-refractivity contribution in [3.63, 3.8) is 0 Å². The molecule has 8 nitrogen and oxygen atoms in total. The minimum atomic E-state index is -0.624. The Kier molecular flexibility index (Phi) is 4.23. The maximum atomic E-state index is 10.7. The fourth-order valence-electron chi connectivity index (χ4n) is 1.57. The molecule has 0 saturated carbocycles. The molecule has 4 N–H and O–H groups in total. The molecule has 0 aliphatic heterocycles. The predicted molar refractivity (Wildman–Crippen MR) is 75.4 cm³/mol. The van der Waals surface area contributed by atoms with Crippen LogP contribution in [0.3, 0.4) is 0 Å². The summed E-state index contributed by atoms with van der Waals surface area (Å²) in [4.78, 5) is 0. The van der Waals surface area contributed by atoms with Crippen LogP contribution >= 0.6 is 0 Å². The molecule has 0 amide bonds. The van der Waals surface area contributed by atoms with Gasteiger partial charge in [-0.25, -0.2) is 0 Å². The van der Waals surface area contributed by atoms with Crippen LogP contribution in [0.2, 0.25) is 0 Å². The summed E-state index contributed by atoms with van der Waals surface area (Å²) in [6, 6.07) is 12.8. The average Bonchev–Trinajstić information content (AvgIpc) is 2.45. The first kappa shape index (κ1) is 13.9. The van der Waals surface area contributed by atoms with Gasteiger partial charge < -0.3 is 21.1 Å². The Morgan fingerprint density at radius 1 is 0.900 bits per heavy atom. The summed E-state index contributed by atoms with van der Waals surface area (Å²) in [6.07, 6.45) is 0. The Morgan fingerprint density at radius 3 is 2.20 bits per heavy atom. The van der Waals surface area contributed by atoms with Crippen molar-refractivity contribution in [2.24, 2.45) is 0 Å². The zero-order chi connectivity index (χ0) is 14.5. The number of hydrazine groups is 1. The zero-order valence-electron chi connectivity index (χ0n) is 10.2. The maximum absolute atomic E-state index is 10.7. The highest BCUT2D eigenvalue weighted by atomic mass is 16.8. The van der Waals surface area contributed by atoms with Gasteiger partial charge in [-0.2, -0.15) is 0 Å². The molecule has 0 unspecified atom stereocenters. The average molecular weight is 276 g/mol. The number of rotatable bonds is 5. The minimum absolute atomic E-state index is 0.150. The summed E-state index contributed by atoms with van der Waals surface area (Å²) >= 11 is 0. The Hall–Kier alpha value is -2.52. The smallest absolute Gasteiger partial charge is 0.121 e. The van der Waals surface area contributed by atoms with Crippen LogP contribution in [0.4, 0.5) is 22.7 Å². The van der Waals surface area contributed by atoms with E-state index in [4.69, 9.17) is 10.4 Å². The molecule has 0 spiro atoms. The molecule has 0 aromatic heterocycles. The molecule has 2 aromatic carbocycles. The molecular formula is C12H12N4O4-2. The Labute approximate surface area is 114 Å². The molecule has 0 radical (unpaired) electrons. The van der Waals surface area contributed by atoms with Crippen LogP contribution in [0.25, 0.3) is 0 Å². The van der Waals surface area contributed by atoms with E-state index in [0.717, 1.165) is 11.8 Å². The van der Waals surface area contributed by atoms with E-state index >= 15 is 0 Å². The van der Waals surface area contributed by atoms with Crippen LogP contribution < -0.4 is 21.3 Å². The van der Waals surface area contributed by atoms with E-state index in [1.165, 1.54) is 12.1 Å². The van der Waals surface area contributed by atoms with Gasteiger partial charge in [-0.05, 0) is 30.3 Å². The zero-order valence-corrected chi connectivity index (χ0v) is 10.2. The van der Waals surface area contributed by atoms with Crippen LogP contribution in [0.5, 0.6) is 0 Å². The van der Waals surface area contributed by atoms with Crippen molar-refractivity contribution >= 4 is 22.7 Å². The number of anilines is 4. The second-order valence-electron chi connectivity index (χ2n) is 3.86. The second-order valence-corrected chi connectivity index (χ2v) is 3.86. The van der Waals surface area contributed by atoms with Crippen molar-refractivity contribution in [3.05, 3.63) is 58.9 Å². The summed E-state index contributed by atoms with van der Waals surface area (Å²) in [7, 11) is 0. The highest BCUT2D eigenvalue weighted by Crippen LogP contribution is 2.29. The number of para-hydroxylation sites is 1. The summed E-state index contributed by atoms with van der Waals surface area (Å²) < 4.78 is 0. The highest BCUT2D eigenvalue weighted by molar-refractivity contribution is 5.75. The van der Waals surface area contributed by atoms with E-state index in [0.29, 0.717) is 0 Å². The molecule has 8 heteroatoms. The number of benzene rings is 2. The summed E-state index contributed by atoms with van der Waals surface area (Å²) in [5.74, 6) is 0. The van der Waals surface area contributed by atoms with Crippen molar-refractivity contribution in [1.29, 1.82) is 0 Å². The van der Waals surface area contributed by atoms with Gasteiger partial charge in [0.05, 0.1) is 11.4 Å². The van der Waals surface area contributed by atoms with Gasteiger partial charge in [0.2, 0.25) is 0 Å². The SMILES string of the molecule is [O-]N([O-])c1ccc(NNc2ccccc2)c(N(O)O)c1. The van der Waals surface area contributed by atoms with Crippen LogP contribution in [0.15, 0.2) is 48.5 Å². The van der Waals surface area contributed by atoms with E-state index in [-0.39, 0.29) is 22.3 Å². The fraction of sp³-hybridized carbons (Fsp3) is 0. The Balaban J connectivity index is 2.18. The number of hydrogen-bond acceptors (Lipinski definition) is 8. The lowest BCUT2D eigenvalue weighted by Gasteiger charge is -2.38. The lowest BCUT2D eigenvalue weighted by Crippen LogP contribution is -2.17. The summed E-state index contributed by atoms with van der Waals surface area (Å²) in [5, 5.41) is 38.7. The third kappa shape index (κ3) is 3.28. The lowest BCUT2D eigenvalue weighted by molar-refractivity contribution is 0.0296. The van der Waals surface area contributed by atoms with Crippen LogP contribution in [-0.4, -0.2) is 10.4 Å². The number of nitrogens with one attached hydrogen (secondary N) is 2. The molecule has 106 valence electrons. The minimum Gasteiger partial charge on any atom is -0.769 e. The molecule has 2 rings (SSSR count). The van der Waals surface area contributed by atoms with E-state index in [1.807, 2.05) is 18.2 Å². The van der Waals surface area contributed by atoms with Crippen molar-refractivity contribution < 1.29 is 10.4 Å². The van der Waals surface area contributed by atoms with E-state index in [1.54, 1.807) is 12.1 Å². The molecule has 20 heavy (non-hydrogen) atoms. The van der Waals surface area contributed by atoms with Gasteiger partial charge in [0.25, 0.3) is 0 Å². The van der Waals surface area contributed by atoms with E-state index in [9.17, 15) is 10.4 Å². The molecule has 0 saturated heterocycles. The van der Waals surface area contributed by atoms with Crippen molar-refractivity contribution in [3.8, 4) is 0 Å². The standard InChI is InChI=1S/C12H12N4O4/c17-15(18)10-6-7-11(12(8-10)16(19)20)14-13-9-4-2-1-3-5-9/h1-8,13-14,19-20H/q-2. The van der Waals surface area contributed by atoms with Gasteiger partial charge in [0.15, 0.2) is 0 Å². The largest absolute Gasteiger partial charge is 0.769 e.